The van der Waals surface area contributed by atoms with Crippen molar-refractivity contribution < 1.29 is 23.8 Å². The number of ether oxygens (including phenoxy) is 1. The molecule has 8 heteroatoms. The van der Waals surface area contributed by atoms with Crippen LogP contribution in [0.2, 0.25) is 0 Å². The van der Waals surface area contributed by atoms with Crippen LogP contribution in [0.25, 0.3) is 11.3 Å². The highest BCUT2D eigenvalue weighted by Crippen LogP contribution is 2.26. The minimum atomic E-state index is -1.03. The molecule has 1 amide bonds. The molecule has 8 nitrogen and oxygen atoms in total. The van der Waals surface area contributed by atoms with Crippen molar-refractivity contribution in [1.82, 2.24) is 15.2 Å². The Bertz CT molecular complexity index is 1050. The normalized spacial score (nSPS) is 16.0. The second-order valence-electron chi connectivity index (χ2n) is 7.67. The zero-order valence-corrected chi connectivity index (χ0v) is 17.6. The number of piperidine rings is 1. The molecule has 0 radical (unpaired) electrons. The number of benzene rings is 1. The van der Waals surface area contributed by atoms with Crippen LogP contribution < -0.4 is 10.1 Å². The number of carbonyl (C=O) groups excluding carboxylic acids is 1. The van der Waals surface area contributed by atoms with E-state index in [1.165, 1.54) is 6.26 Å². The lowest BCUT2D eigenvalue weighted by atomic mass is 10.0. The number of carbonyl (C=O) groups is 2. The number of pyridine rings is 1. The number of hydrogen-bond donors (Lipinski definition) is 2. The molecular formula is C24H25N3O5. The van der Waals surface area contributed by atoms with E-state index in [1.54, 1.807) is 29.3 Å². The molecule has 0 saturated carbocycles. The average molecular weight is 435 g/mol. The molecule has 2 aromatic heterocycles. The number of hydrogen-bond acceptors (Lipinski definition) is 6. The molecule has 166 valence electrons. The summed E-state index contributed by atoms with van der Waals surface area (Å²) in [4.78, 5) is 29.8. The van der Waals surface area contributed by atoms with Crippen LogP contribution in [0.4, 0.5) is 0 Å². The molecule has 2 N–H and O–H groups in total. The lowest BCUT2D eigenvalue weighted by molar-refractivity contribution is -0.139. The maximum Gasteiger partial charge on any atom is 0.341 e. The Morgan fingerprint density at radius 1 is 1.22 bits per heavy atom. The molecule has 1 aliphatic heterocycles. The smallest absolute Gasteiger partial charge is 0.341 e. The van der Waals surface area contributed by atoms with E-state index in [4.69, 9.17) is 14.3 Å². The van der Waals surface area contributed by atoms with Gasteiger partial charge < -0.3 is 24.5 Å². The van der Waals surface area contributed by atoms with Gasteiger partial charge in [0, 0.05) is 43.0 Å². The van der Waals surface area contributed by atoms with Crippen molar-refractivity contribution in [1.29, 1.82) is 0 Å². The van der Waals surface area contributed by atoms with E-state index in [9.17, 15) is 9.59 Å². The number of rotatable bonds is 8. The van der Waals surface area contributed by atoms with Crippen LogP contribution in [0.3, 0.4) is 0 Å². The predicted molar refractivity (Wildman–Crippen MR) is 117 cm³/mol. The van der Waals surface area contributed by atoms with Crippen LogP contribution in [-0.2, 0) is 11.3 Å². The van der Waals surface area contributed by atoms with E-state index in [2.05, 4.69) is 10.3 Å². The first-order valence-corrected chi connectivity index (χ1v) is 10.6. The molecule has 1 unspecified atom stereocenters. The van der Waals surface area contributed by atoms with Crippen LogP contribution in [-0.4, -0.2) is 52.6 Å². The van der Waals surface area contributed by atoms with Crippen LogP contribution in [0, 0.1) is 0 Å². The number of carboxylic acids is 1. The summed E-state index contributed by atoms with van der Waals surface area (Å²) in [7, 11) is 0. The second-order valence-corrected chi connectivity index (χ2v) is 7.67. The Kier molecular flexibility index (Phi) is 6.81. The molecule has 1 aliphatic rings. The maximum absolute atomic E-state index is 12.6. The summed E-state index contributed by atoms with van der Waals surface area (Å²) in [5, 5.41) is 12.5. The zero-order chi connectivity index (χ0) is 22.3. The number of amides is 1. The first kappa shape index (κ1) is 21.6. The van der Waals surface area contributed by atoms with Gasteiger partial charge in [0.05, 0.1) is 12.0 Å². The highest BCUT2D eigenvalue weighted by Gasteiger charge is 2.25. The summed E-state index contributed by atoms with van der Waals surface area (Å²) in [5.74, 6) is -0.279. The van der Waals surface area contributed by atoms with E-state index >= 15 is 0 Å². The van der Waals surface area contributed by atoms with Gasteiger partial charge in [0.15, 0.2) is 12.4 Å². The number of nitrogens with one attached hydrogen (secondary N) is 1. The van der Waals surface area contributed by atoms with Crippen LogP contribution in [0.5, 0.6) is 5.75 Å². The van der Waals surface area contributed by atoms with Crippen molar-refractivity contribution in [2.75, 3.05) is 19.7 Å². The molecule has 4 rings (SSSR count). The highest BCUT2D eigenvalue weighted by atomic mass is 16.5. The summed E-state index contributed by atoms with van der Waals surface area (Å²) in [5.41, 5.74) is 2.58. The molecule has 0 bridgehead atoms. The van der Waals surface area contributed by atoms with Crippen LogP contribution in [0.1, 0.15) is 29.0 Å². The molecule has 1 aromatic carbocycles. The predicted octanol–water partition coefficient (Wildman–Crippen LogP) is 3.20. The van der Waals surface area contributed by atoms with Crippen molar-refractivity contribution in [3.8, 4) is 17.0 Å². The van der Waals surface area contributed by atoms with Gasteiger partial charge in [-0.15, -0.1) is 0 Å². The van der Waals surface area contributed by atoms with E-state index in [-0.39, 0.29) is 11.9 Å². The van der Waals surface area contributed by atoms with Crippen molar-refractivity contribution in [3.63, 3.8) is 0 Å². The van der Waals surface area contributed by atoms with Crippen molar-refractivity contribution in [2.24, 2.45) is 0 Å². The number of carboxylic acid groups (broad SMARTS) is 1. The van der Waals surface area contributed by atoms with Crippen LogP contribution in [0.15, 0.2) is 65.4 Å². The fourth-order valence-corrected chi connectivity index (χ4v) is 3.83. The zero-order valence-electron chi connectivity index (χ0n) is 17.6. The summed E-state index contributed by atoms with van der Waals surface area (Å²) < 4.78 is 10.7. The fraction of sp³-hybridized carbons (Fsp3) is 0.292. The molecule has 1 saturated heterocycles. The minimum absolute atomic E-state index is 0.105. The molecule has 1 atom stereocenters. The SMILES string of the molecule is O=C(O)COc1ccc(-c2ccccn2)cc1CNC1CCCN(C(=O)c2ccco2)C1. The van der Waals surface area contributed by atoms with Gasteiger partial charge in [0.2, 0.25) is 0 Å². The first-order valence-electron chi connectivity index (χ1n) is 10.6. The molecule has 0 aliphatic carbocycles. The molecular weight excluding hydrogens is 410 g/mol. The monoisotopic (exact) mass is 435 g/mol. The molecule has 3 aromatic rings. The molecule has 0 spiro atoms. The molecule has 32 heavy (non-hydrogen) atoms. The Morgan fingerprint density at radius 2 is 2.12 bits per heavy atom. The van der Waals surface area contributed by atoms with Gasteiger partial charge in [0.25, 0.3) is 5.91 Å². The number of aliphatic carboxylic acids is 1. The van der Waals surface area contributed by atoms with Crippen molar-refractivity contribution in [3.05, 3.63) is 72.3 Å². The first-order chi connectivity index (χ1) is 15.6. The van der Waals surface area contributed by atoms with Gasteiger partial charge in [-0.1, -0.05) is 6.07 Å². The van der Waals surface area contributed by atoms with Gasteiger partial charge in [-0.05, 0) is 55.3 Å². The topological polar surface area (TPSA) is 105 Å². The highest BCUT2D eigenvalue weighted by molar-refractivity contribution is 5.91. The number of aromatic nitrogens is 1. The van der Waals surface area contributed by atoms with Gasteiger partial charge in [0.1, 0.15) is 5.75 Å². The number of likely N-dealkylation sites (tertiary alicyclic amines) is 1. The quantitative estimate of drug-likeness (QED) is 0.560. The third kappa shape index (κ3) is 5.33. The van der Waals surface area contributed by atoms with Gasteiger partial charge >= 0.3 is 5.97 Å². The Labute approximate surface area is 185 Å². The van der Waals surface area contributed by atoms with E-state index in [1.807, 2.05) is 30.3 Å². The molecule has 3 heterocycles. The lowest BCUT2D eigenvalue weighted by Crippen LogP contribution is -2.47. The van der Waals surface area contributed by atoms with E-state index in [0.717, 1.165) is 29.7 Å². The van der Waals surface area contributed by atoms with Gasteiger partial charge in [-0.25, -0.2) is 4.79 Å². The number of furan rings is 1. The summed E-state index contributed by atoms with van der Waals surface area (Å²) >= 11 is 0. The average Bonchev–Trinajstić information content (AvgIpc) is 3.37. The number of nitrogens with zero attached hydrogens (tertiary/aromatic N) is 2. The van der Waals surface area contributed by atoms with Crippen molar-refractivity contribution >= 4 is 11.9 Å². The van der Waals surface area contributed by atoms with E-state index < -0.39 is 12.6 Å². The van der Waals surface area contributed by atoms with Crippen molar-refractivity contribution in [2.45, 2.75) is 25.4 Å². The van der Waals surface area contributed by atoms with Gasteiger partial charge in [-0.3, -0.25) is 9.78 Å². The fourth-order valence-electron chi connectivity index (χ4n) is 3.83. The summed E-state index contributed by atoms with van der Waals surface area (Å²) in [6.07, 6.45) is 5.06. The molecule has 1 fully saturated rings. The Balaban J connectivity index is 1.46. The van der Waals surface area contributed by atoms with E-state index in [0.29, 0.717) is 31.1 Å². The second kappa shape index (κ2) is 10.1. The lowest BCUT2D eigenvalue weighted by Gasteiger charge is -2.33. The maximum atomic E-state index is 12.6. The Morgan fingerprint density at radius 3 is 2.88 bits per heavy atom. The largest absolute Gasteiger partial charge is 0.482 e. The third-order valence-electron chi connectivity index (χ3n) is 5.39. The summed E-state index contributed by atoms with van der Waals surface area (Å²) in [6.45, 7) is 1.33. The minimum Gasteiger partial charge on any atom is -0.482 e. The summed E-state index contributed by atoms with van der Waals surface area (Å²) in [6, 6.07) is 14.8. The van der Waals surface area contributed by atoms with Crippen LogP contribution >= 0.6 is 0 Å². The third-order valence-corrected chi connectivity index (χ3v) is 5.39. The van der Waals surface area contributed by atoms with Gasteiger partial charge in [-0.2, -0.15) is 0 Å². The Hall–Kier alpha value is -3.65. The standard InChI is InChI=1S/C24H25N3O5/c28-23(29)16-32-21-9-8-17(20-6-1-2-10-25-20)13-18(21)14-26-19-5-3-11-27(15-19)24(30)22-7-4-12-31-22/h1-2,4,6-10,12-13,19,26H,3,5,11,14-16H2,(H,28,29).